The highest BCUT2D eigenvalue weighted by Crippen LogP contribution is 2.28. The van der Waals surface area contributed by atoms with E-state index in [2.05, 4.69) is 0 Å². The minimum atomic E-state index is -4.42. The summed E-state index contributed by atoms with van der Waals surface area (Å²) >= 11 is 0. The maximum Gasteiger partial charge on any atom is 0.273 e. The van der Waals surface area contributed by atoms with E-state index in [0.717, 1.165) is 25.3 Å². The monoisotopic (exact) mass is 361 g/mol. The Morgan fingerprint density at radius 1 is 1.45 bits per heavy atom. The number of sulfonamides is 1. The number of halogens is 3. The third-order valence-electron chi connectivity index (χ3n) is 2.47. The molecule has 1 aromatic carbocycles. The predicted molar refractivity (Wildman–Crippen MR) is 76.1 cm³/mol. The number of ether oxygens (including phenoxy) is 1. The molecule has 126 valence electrons. The second-order valence-electron chi connectivity index (χ2n) is 3.98. The highest BCUT2D eigenvalue weighted by molar-refractivity contribution is 7.89. The van der Waals surface area contributed by atoms with Crippen molar-refractivity contribution in [2.75, 3.05) is 20.2 Å². The van der Waals surface area contributed by atoms with E-state index in [4.69, 9.17) is 10.5 Å². The molecule has 0 saturated carbocycles. The molecule has 0 bridgehead atoms. The van der Waals surface area contributed by atoms with E-state index in [1.165, 1.54) is 0 Å². The van der Waals surface area contributed by atoms with Crippen molar-refractivity contribution >= 4 is 28.1 Å². The predicted octanol–water partition coefficient (Wildman–Crippen LogP) is 0.897. The number of benzene rings is 1. The molecule has 0 aromatic heterocycles. The quantitative estimate of drug-likeness (QED) is 0.549. The van der Waals surface area contributed by atoms with Gasteiger partial charge in [0.1, 0.15) is 10.6 Å². The zero-order valence-corrected chi connectivity index (χ0v) is 12.9. The molecular formula is C10H14ClF2N3O5S. The zero-order valence-electron chi connectivity index (χ0n) is 11.3. The molecule has 0 aliphatic heterocycles. The lowest BCUT2D eigenvalue weighted by Crippen LogP contribution is -2.41. The van der Waals surface area contributed by atoms with Crippen LogP contribution >= 0.6 is 12.4 Å². The van der Waals surface area contributed by atoms with Gasteiger partial charge in [-0.15, -0.1) is 12.4 Å². The van der Waals surface area contributed by atoms with Gasteiger partial charge in [0.15, 0.2) is 0 Å². The summed E-state index contributed by atoms with van der Waals surface area (Å²) < 4.78 is 56.3. The Morgan fingerprint density at radius 3 is 2.50 bits per heavy atom. The first-order valence-corrected chi connectivity index (χ1v) is 7.01. The molecule has 8 nitrogen and oxygen atoms in total. The number of rotatable bonds is 7. The van der Waals surface area contributed by atoms with Crippen LogP contribution in [0.2, 0.25) is 0 Å². The third-order valence-corrected chi connectivity index (χ3v) is 3.89. The second kappa shape index (κ2) is 7.63. The molecule has 22 heavy (non-hydrogen) atoms. The van der Waals surface area contributed by atoms with Crippen LogP contribution in [0, 0.1) is 10.1 Å². The molecule has 0 aliphatic rings. The second-order valence-corrected chi connectivity index (χ2v) is 5.71. The van der Waals surface area contributed by atoms with Gasteiger partial charge in [0.2, 0.25) is 10.0 Å². The number of nitrogens with zero attached hydrogens (tertiary/aromatic N) is 1. The molecule has 0 heterocycles. The molecule has 0 unspecified atom stereocenters. The highest BCUT2D eigenvalue weighted by atomic mass is 35.5. The van der Waals surface area contributed by atoms with E-state index in [1.807, 2.05) is 0 Å². The van der Waals surface area contributed by atoms with Crippen molar-refractivity contribution in [3.05, 3.63) is 28.3 Å². The van der Waals surface area contributed by atoms with Gasteiger partial charge in [-0.05, 0) is 6.07 Å². The zero-order chi connectivity index (χ0) is 16.3. The van der Waals surface area contributed by atoms with Crippen LogP contribution < -0.4 is 15.2 Å². The number of nitro groups is 1. The Bertz CT molecular complexity index is 641. The van der Waals surface area contributed by atoms with Crippen molar-refractivity contribution in [2.45, 2.75) is 10.8 Å². The number of alkyl halides is 2. The summed E-state index contributed by atoms with van der Waals surface area (Å²) in [4.78, 5) is 9.24. The lowest BCUT2D eigenvalue weighted by atomic mass is 10.3. The Morgan fingerprint density at radius 2 is 2.05 bits per heavy atom. The molecular weight excluding hydrogens is 348 g/mol. The van der Waals surface area contributed by atoms with E-state index in [-0.39, 0.29) is 18.2 Å². The Kier molecular flexibility index (Phi) is 7.09. The molecule has 0 radical (unpaired) electrons. The topological polar surface area (TPSA) is 125 Å². The molecule has 0 amide bonds. The number of nitrogens with one attached hydrogen (secondary N) is 1. The van der Waals surface area contributed by atoms with E-state index in [1.54, 1.807) is 4.72 Å². The molecule has 12 heteroatoms. The van der Waals surface area contributed by atoms with Crippen LogP contribution in [-0.4, -0.2) is 39.5 Å². The van der Waals surface area contributed by atoms with Crippen LogP contribution in [0.1, 0.15) is 0 Å². The first kappa shape index (κ1) is 20.4. The fourth-order valence-corrected chi connectivity index (χ4v) is 2.59. The van der Waals surface area contributed by atoms with Gasteiger partial charge >= 0.3 is 0 Å². The number of non-ortho nitro benzene ring substituents is 1. The van der Waals surface area contributed by atoms with Crippen molar-refractivity contribution < 1.29 is 26.9 Å². The summed E-state index contributed by atoms with van der Waals surface area (Å²) in [5, 5.41) is 10.7. The molecule has 0 spiro atoms. The van der Waals surface area contributed by atoms with Crippen molar-refractivity contribution in [3.8, 4) is 5.75 Å². The summed E-state index contributed by atoms with van der Waals surface area (Å²) in [6.07, 6.45) is 0. The number of nitro benzene ring substituents is 1. The van der Waals surface area contributed by atoms with Crippen LogP contribution in [-0.2, 0) is 10.0 Å². The summed E-state index contributed by atoms with van der Waals surface area (Å²) in [7, 11) is -3.27. The smallest absolute Gasteiger partial charge is 0.273 e. The third kappa shape index (κ3) is 5.02. The molecule has 0 atom stereocenters. The van der Waals surface area contributed by atoms with Crippen molar-refractivity contribution in [1.82, 2.24) is 4.72 Å². The summed E-state index contributed by atoms with van der Waals surface area (Å²) in [6, 6.07) is 2.82. The molecule has 1 aromatic rings. The Hall–Kier alpha value is -1.56. The summed E-state index contributed by atoms with van der Waals surface area (Å²) in [5.41, 5.74) is 4.28. The van der Waals surface area contributed by atoms with Crippen LogP contribution in [0.25, 0.3) is 0 Å². The Labute approximate surface area is 131 Å². The van der Waals surface area contributed by atoms with Crippen LogP contribution in [0.15, 0.2) is 23.1 Å². The lowest BCUT2D eigenvalue weighted by molar-refractivity contribution is -0.385. The van der Waals surface area contributed by atoms with E-state index < -0.39 is 44.5 Å². The van der Waals surface area contributed by atoms with Crippen molar-refractivity contribution in [2.24, 2.45) is 5.73 Å². The molecule has 0 saturated heterocycles. The summed E-state index contributed by atoms with van der Waals surface area (Å²) in [6.45, 7) is -2.26. The average Bonchev–Trinajstić information content (AvgIpc) is 2.44. The normalized spacial score (nSPS) is 11.6. The van der Waals surface area contributed by atoms with Crippen molar-refractivity contribution in [3.63, 3.8) is 0 Å². The van der Waals surface area contributed by atoms with Gasteiger partial charge in [0, 0.05) is 12.1 Å². The van der Waals surface area contributed by atoms with Crippen molar-refractivity contribution in [1.29, 1.82) is 0 Å². The number of hydrogen-bond acceptors (Lipinski definition) is 6. The minimum absolute atomic E-state index is 0. The van der Waals surface area contributed by atoms with Gasteiger partial charge in [-0.3, -0.25) is 10.1 Å². The number of nitrogens with two attached hydrogens (primary N) is 1. The van der Waals surface area contributed by atoms with E-state index in [0.29, 0.717) is 0 Å². The molecule has 3 N–H and O–H groups in total. The first-order valence-electron chi connectivity index (χ1n) is 5.53. The van der Waals surface area contributed by atoms with E-state index in [9.17, 15) is 27.3 Å². The van der Waals surface area contributed by atoms with Gasteiger partial charge in [-0.2, -0.15) is 0 Å². The van der Waals surface area contributed by atoms with Crippen LogP contribution in [0.4, 0.5) is 14.5 Å². The van der Waals surface area contributed by atoms with Gasteiger partial charge in [0.25, 0.3) is 11.6 Å². The number of hydrogen-bond donors (Lipinski definition) is 2. The SMILES string of the molecule is COc1ccc([N+](=O)[O-])cc1S(=O)(=O)NCC(F)(F)CN.Cl. The summed E-state index contributed by atoms with van der Waals surface area (Å²) in [5.74, 6) is -3.63. The fourth-order valence-electron chi connectivity index (χ4n) is 1.34. The first-order chi connectivity index (χ1) is 9.63. The largest absolute Gasteiger partial charge is 0.495 e. The van der Waals surface area contributed by atoms with Gasteiger partial charge in [0.05, 0.1) is 25.1 Å². The Balaban J connectivity index is 0.00000441. The fraction of sp³-hybridized carbons (Fsp3) is 0.400. The van der Waals surface area contributed by atoms with Gasteiger partial charge < -0.3 is 10.5 Å². The lowest BCUT2D eigenvalue weighted by Gasteiger charge is -2.15. The van der Waals surface area contributed by atoms with Crippen LogP contribution in [0.5, 0.6) is 5.75 Å². The maximum absolute atomic E-state index is 13.0. The molecule has 0 fully saturated rings. The minimum Gasteiger partial charge on any atom is -0.495 e. The average molecular weight is 362 g/mol. The van der Waals surface area contributed by atoms with E-state index >= 15 is 0 Å². The standard InChI is InChI=1S/C10H13F2N3O5S.ClH/c1-20-8-3-2-7(15(16)17)4-9(8)21(18,19)14-6-10(11,12)5-13;/h2-4,14H,5-6,13H2,1H3;1H. The highest BCUT2D eigenvalue weighted by Gasteiger charge is 2.31. The van der Waals surface area contributed by atoms with Gasteiger partial charge in [-0.1, -0.05) is 0 Å². The number of methoxy groups -OCH3 is 1. The van der Waals surface area contributed by atoms with Crippen LogP contribution in [0.3, 0.4) is 0 Å². The molecule has 0 aliphatic carbocycles. The van der Waals surface area contributed by atoms with Gasteiger partial charge in [-0.25, -0.2) is 21.9 Å². The molecule has 1 rings (SSSR count). The maximum atomic E-state index is 13.0.